The highest BCUT2D eigenvalue weighted by molar-refractivity contribution is 6.15. The first-order valence-corrected chi connectivity index (χ1v) is 6.09. The number of benzene rings is 2. The summed E-state index contributed by atoms with van der Waals surface area (Å²) < 4.78 is 0. The van der Waals surface area contributed by atoms with Crippen LogP contribution in [0.1, 0.15) is 18.1 Å². The zero-order valence-corrected chi connectivity index (χ0v) is 11.1. The number of nitrogens with one attached hydrogen (secondary N) is 1. The molecule has 0 aliphatic carbocycles. The summed E-state index contributed by atoms with van der Waals surface area (Å²) in [7, 11) is 1.72. The Bertz CT molecular complexity index is 605. The van der Waals surface area contributed by atoms with Gasteiger partial charge in [0.15, 0.2) is 0 Å². The van der Waals surface area contributed by atoms with Crippen molar-refractivity contribution >= 4 is 17.3 Å². The number of nitrogens with zero attached hydrogens (tertiary/aromatic N) is 1. The Morgan fingerprint density at radius 3 is 2.21 bits per heavy atom. The minimum absolute atomic E-state index is 0.0479. The summed E-state index contributed by atoms with van der Waals surface area (Å²) in [5.74, 6) is -0.0479. The van der Waals surface area contributed by atoms with Crippen LogP contribution in [0.25, 0.3) is 0 Å². The molecule has 0 bridgehead atoms. The molecule has 0 saturated carbocycles. The second-order valence-corrected chi connectivity index (χ2v) is 4.34. The highest BCUT2D eigenvalue weighted by Crippen LogP contribution is 2.22. The Labute approximate surface area is 113 Å². The largest absolute Gasteiger partial charge is 0.315 e. The van der Waals surface area contributed by atoms with Crippen molar-refractivity contribution in [3.05, 3.63) is 65.7 Å². The molecule has 1 N–H and O–H groups in total. The fourth-order valence-electron chi connectivity index (χ4n) is 1.91. The number of rotatable bonds is 3. The van der Waals surface area contributed by atoms with Gasteiger partial charge in [0.05, 0.1) is 11.4 Å². The van der Waals surface area contributed by atoms with E-state index in [4.69, 9.17) is 5.41 Å². The van der Waals surface area contributed by atoms with Crippen LogP contribution in [0.5, 0.6) is 0 Å². The zero-order valence-electron chi connectivity index (χ0n) is 11.1. The van der Waals surface area contributed by atoms with Gasteiger partial charge < -0.3 is 4.90 Å². The lowest BCUT2D eigenvalue weighted by Gasteiger charge is -2.19. The van der Waals surface area contributed by atoms with Gasteiger partial charge in [-0.3, -0.25) is 10.2 Å². The Balaban J connectivity index is 2.46. The van der Waals surface area contributed by atoms with Gasteiger partial charge in [0, 0.05) is 25.1 Å². The van der Waals surface area contributed by atoms with Crippen LogP contribution in [0.15, 0.2) is 54.6 Å². The van der Waals surface area contributed by atoms with Crippen molar-refractivity contribution in [2.75, 3.05) is 11.9 Å². The van der Waals surface area contributed by atoms with E-state index in [1.54, 1.807) is 11.9 Å². The molecular weight excluding hydrogens is 236 g/mol. The molecule has 2 rings (SSSR count). The molecule has 0 aromatic heterocycles. The molecule has 0 saturated heterocycles. The van der Waals surface area contributed by atoms with Gasteiger partial charge in [0.1, 0.15) is 0 Å². The highest BCUT2D eigenvalue weighted by atomic mass is 16.2. The monoisotopic (exact) mass is 252 g/mol. The van der Waals surface area contributed by atoms with Crippen LogP contribution in [0.2, 0.25) is 0 Å². The lowest BCUT2D eigenvalue weighted by Crippen LogP contribution is -2.25. The van der Waals surface area contributed by atoms with Gasteiger partial charge in [-0.1, -0.05) is 48.5 Å². The van der Waals surface area contributed by atoms with Crippen molar-refractivity contribution in [2.45, 2.75) is 6.92 Å². The summed E-state index contributed by atoms with van der Waals surface area (Å²) in [5, 5.41) is 8.31. The van der Waals surface area contributed by atoms with Crippen LogP contribution in [0, 0.1) is 5.41 Å². The summed E-state index contributed by atoms with van der Waals surface area (Å²) in [6.45, 7) is 1.52. The van der Waals surface area contributed by atoms with E-state index in [1.165, 1.54) is 6.92 Å². The number of hydrogen-bond acceptors (Lipinski definition) is 2. The van der Waals surface area contributed by atoms with Crippen LogP contribution in [-0.4, -0.2) is 18.7 Å². The van der Waals surface area contributed by atoms with Crippen molar-refractivity contribution in [1.82, 2.24) is 0 Å². The van der Waals surface area contributed by atoms with Crippen LogP contribution in [0.3, 0.4) is 0 Å². The van der Waals surface area contributed by atoms with Crippen LogP contribution >= 0.6 is 0 Å². The molecule has 0 atom stereocenters. The Morgan fingerprint density at radius 2 is 1.58 bits per heavy atom. The fraction of sp³-hybridized carbons (Fsp3) is 0.125. The normalized spacial score (nSPS) is 10.0. The third kappa shape index (κ3) is 2.71. The number of anilines is 1. The summed E-state index contributed by atoms with van der Waals surface area (Å²) in [5.41, 5.74) is 2.77. The van der Waals surface area contributed by atoms with E-state index >= 15 is 0 Å². The molecule has 0 unspecified atom stereocenters. The van der Waals surface area contributed by atoms with Crippen molar-refractivity contribution in [3.8, 4) is 0 Å². The second kappa shape index (κ2) is 5.48. The standard InChI is InChI=1S/C16H16N2O/c1-12(19)18(2)15-11-7-6-10-14(15)16(17)13-8-4-3-5-9-13/h3-11,17H,1-2H3. The van der Waals surface area contributed by atoms with Crippen molar-refractivity contribution in [3.63, 3.8) is 0 Å². The van der Waals surface area contributed by atoms with E-state index in [2.05, 4.69) is 0 Å². The maximum atomic E-state index is 11.5. The molecule has 3 nitrogen and oxygen atoms in total. The Morgan fingerprint density at radius 1 is 1.00 bits per heavy atom. The average Bonchev–Trinajstić information content (AvgIpc) is 2.46. The SMILES string of the molecule is CC(=O)N(C)c1ccccc1C(=N)c1ccccc1. The van der Waals surface area contributed by atoms with Crippen LogP contribution in [-0.2, 0) is 4.79 Å². The van der Waals surface area contributed by atoms with E-state index < -0.39 is 0 Å². The van der Waals surface area contributed by atoms with Crippen molar-refractivity contribution < 1.29 is 4.79 Å². The van der Waals surface area contributed by atoms with E-state index in [0.29, 0.717) is 5.71 Å². The van der Waals surface area contributed by atoms with Crippen molar-refractivity contribution in [1.29, 1.82) is 5.41 Å². The quantitative estimate of drug-likeness (QED) is 0.838. The summed E-state index contributed by atoms with van der Waals surface area (Å²) >= 11 is 0. The fourth-order valence-corrected chi connectivity index (χ4v) is 1.91. The second-order valence-electron chi connectivity index (χ2n) is 4.34. The molecule has 19 heavy (non-hydrogen) atoms. The van der Waals surface area contributed by atoms with Gasteiger partial charge in [-0.25, -0.2) is 0 Å². The molecule has 2 aromatic rings. The third-order valence-corrected chi connectivity index (χ3v) is 3.07. The first kappa shape index (κ1) is 13.0. The summed E-state index contributed by atoms with van der Waals surface area (Å²) in [6.07, 6.45) is 0. The van der Waals surface area contributed by atoms with Gasteiger partial charge in [-0.2, -0.15) is 0 Å². The third-order valence-electron chi connectivity index (χ3n) is 3.07. The molecule has 96 valence electrons. The molecular formula is C16H16N2O. The highest BCUT2D eigenvalue weighted by Gasteiger charge is 2.14. The molecule has 0 radical (unpaired) electrons. The van der Waals surface area contributed by atoms with Crippen molar-refractivity contribution in [2.24, 2.45) is 0 Å². The number of amides is 1. The van der Waals surface area contributed by atoms with Gasteiger partial charge >= 0.3 is 0 Å². The smallest absolute Gasteiger partial charge is 0.223 e. The zero-order chi connectivity index (χ0) is 13.8. The van der Waals surface area contributed by atoms with Gasteiger partial charge in [-0.15, -0.1) is 0 Å². The van der Waals surface area contributed by atoms with E-state index in [-0.39, 0.29) is 5.91 Å². The molecule has 0 aliphatic heterocycles. The number of carbonyl (C=O) groups excluding carboxylic acids is 1. The molecule has 0 heterocycles. The van der Waals surface area contributed by atoms with Gasteiger partial charge in [0.25, 0.3) is 0 Å². The Kier molecular flexibility index (Phi) is 3.76. The first-order valence-electron chi connectivity index (χ1n) is 6.09. The topological polar surface area (TPSA) is 44.2 Å². The lowest BCUT2D eigenvalue weighted by molar-refractivity contribution is -0.116. The molecule has 1 amide bonds. The van der Waals surface area contributed by atoms with Crippen LogP contribution < -0.4 is 4.90 Å². The molecule has 2 aromatic carbocycles. The molecule has 3 heteroatoms. The predicted octanol–water partition coefficient (Wildman–Crippen LogP) is 3.09. The first-order chi connectivity index (χ1) is 9.11. The predicted molar refractivity (Wildman–Crippen MR) is 77.9 cm³/mol. The van der Waals surface area contributed by atoms with E-state index in [0.717, 1.165) is 16.8 Å². The number of hydrogen-bond donors (Lipinski definition) is 1. The maximum Gasteiger partial charge on any atom is 0.223 e. The number of para-hydroxylation sites is 1. The van der Waals surface area contributed by atoms with Gasteiger partial charge in [0.2, 0.25) is 5.91 Å². The minimum atomic E-state index is -0.0479. The maximum absolute atomic E-state index is 11.5. The summed E-state index contributed by atoms with van der Waals surface area (Å²) in [6, 6.07) is 17.0. The minimum Gasteiger partial charge on any atom is -0.315 e. The van der Waals surface area contributed by atoms with E-state index in [9.17, 15) is 4.79 Å². The number of carbonyl (C=O) groups is 1. The van der Waals surface area contributed by atoms with E-state index in [1.807, 2.05) is 54.6 Å². The molecule has 0 fully saturated rings. The average molecular weight is 252 g/mol. The summed E-state index contributed by atoms with van der Waals surface area (Å²) in [4.78, 5) is 13.1. The molecule has 0 spiro atoms. The van der Waals surface area contributed by atoms with Gasteiger partial charge in [-0.05, 0) is 6.07 Å². The Hall–Kier alpha value is -2.42. The molecule has 0 aliphatic rings. The lowest BCUT2D eigenvalue weighted by atomic mass is 10.0. The van der Waals surface area contributed by atoms with Crippen LogP contribution in [0.4, 0.5) is 5.69 Å².